The van der Waals surface area contributed by atoms with Crippen LogP contribution in [-0.2, 0) is 0 Å². The summed E-state index contributed by atoms with van der Waals surface area (Å²) in [4.78, 5) is 12.4. The topological polar surface area (TPSA) is 25.8 Å². The van der Waals surface area contributed by atoms with Gasteiger partial charge in [0.15, 0.2) is 0 Å². The Morgan fingerprint density at radius 2 is 0.830 bits per heavy atom. The predicted molar refractivity (Wildman–Crippen MR) is 225 cm³/mol. The fraction of sp³-hybridized carbons (Fsp3) is 0. The normalized spacial score (nSPS) is 11.4. The molecule has 10 aromatic rings. The Morgan fingerprint density at radius 1 is 0.340 bits per heavy atom. The molecule has 0 amide bonds. The molecule has 0 saturated carbocycles. The average molecular weight is 693 g/mol. The second kappa shape index (κ2) is 13.1. The summed E-state index contributed by atoms with van der Waals surface area (Å²) < 4.78 is 0. The third-order valence-corrected chi connectivity index (χ3v) is 11.4. The van der Waals surface area contributed by atoms with Gasteiger partial charge in [0, 0.05) is 43.4 Å². The summed E-state index contributed by atoms with van der Waals surface area (Å²) in [6.07, 6.45) is 1.84. The highest BCUT2D eigenvalue weighted by Gasteiger charge is 2.23. The zero-order chi connectivity index (χ0) is 35.1. The Morgan fingerprint density at radius 3 is 1.47 bits per heavy atom. The molecule has 0 N–H and O–H groups in total. The Bertz CT molecular complexity index is 2910. The van der Waals surface area contributed by atoms with Crippen LogP contribution in [0.5, 0.6) is 0 Å². The molecule has 0 unspecified atom stereocenters. The molecular weight excluding hydrogens is 661 g/mol. The summed E-state index contributed by atoms with van der Waals surface area (Å²) in [5.74, 6) is 0. The smallest absolute Gasteiger partial charge is 0.0972 e. The van der Waals surface area contributed by atoms with Crippen LogP contribution in [0.1, 0.15) is 0 Å². The minimum Gasteiger partial charge on any atom is -0.254 e. The molecule has 0 spiro atoms. The summed E-state index contributed by atoms with van der Waals surface area (Å²) in [5.41, 5.74) is 13.7. The zero-order valence-corrected chi connectivity index (χ0v) is 29.6. The number of fused-ring (bicyclic) bond motifs is 4. The van der Waals surface area contributed by atoms with Crippen LogP contribution >= 0.6 is 11.3 Å². The fourth-order valence-corrected chi connectivity index (χ4v) is 8.99. The lowest BCUT2D eigenvalue weighted by Gasteiger charge is -2.14. The number of rotatable bonds is 6. The largest absolute Gasteiger partial charge is 0.254 e. The van der Waals surface area contributed by atoms with Crippen LogP contribution in [-0.4, -0.2) is 9.97 Å². The van der Waals surface area contributed by atoms with Gasteiger partial charge >= 0.3 is 0 Å². The Hall–Kier alpha value is -6.68. The van der Waals surface area contributed by atoms with Gasteiger partial charge in [-0.3, -0.25) is 4.98 Å². The van der Waals surface area contributed by atoms with E-state index in [1.165, 1.54) is 65.0 Å². The molecule has 3 heterocycles. The lowest BCUT2D eigenvalue weighted by molar-refractivity contribution is 1.37. The van der Waals surface area contributed by atoms with Gasteiger partial charge in [0.05, 0.1) is 16.7 Å². The van der Waals surface area contributed by atoms with Crippen molar-refractivity contribution in [1.29, 1.82) is 0 Å². The van der Waals surface area contributed by atoms with E-state index in [0.29, 0.717) is 0 Å². The quantitative estimate of drug-likeness (QED) is 0.162. The minimum atomic E-state index is 0.929. The summed E-state index contributed by atoms with van der Waals surface area (Å²) in [6.45, 7) is 0. The molecule has 248 valence electrons. The molecule has 0 bridgehead atoms. The predicted octanol–water partition coefficient (Wildman–Crippen LogP) is 14.0. The van der Waals surface area contributed by atoms with E-state index < -0.39 is 0 Å². The van der Waals surface area contributed by atoms with Crippen LogP contribution in [0.3, 0.4) is 0 Å². The molecule has 0 saturated heterocycles. The molecule has 0 aliphatic heterocycles. The summed E-state index contributed by atoms with van der Waals surface area (Å²) in [5, 5.41) is 4.57. The van der Waals surface area contributed by atoms with Gasteiger partial charge in [-0.05, 0) is 56.3 Å². The van der Waals surface area contributed by atoms with Gasteiger partial charge in [0.2, 0.25) is 0 Å². The van der Waals surface area contributed by atoms with Crippen LogP contribution < -0.4 is 0 Å². The van der Waals surface area contributed by atoms with Crippen molar-refractivity contribution in [1.82, 2.24) is 9.97 Å². The maximum Gasteiger partial charge on any atom is 0.0972 e. The third kappa shape index (κ3) is 5.50. The molecule has 0 aliphatic carbocycles. The molecule has 0 fully saturated rings. The maximum atomic E-state index is 5.20. The Balaban J connectivity index is 1.12. The molecule has 3 heteroatoms. The van der Waals surface area contributed by atoms with Crippen molar-refractivity contribution in [3.8, 4) is 65.5 Å². The van der Waals surface area contributed by atoms with Gasteiger partial charge < -0.3 is 0 Å². The lowest BCUT2D eigenvalue weighted by atomic mass is 9.89. The van der Waals surface area contributed by atoms with Crippen molar-refractivity contribution in [2.24, 2.45) is 0 Å². The SMILES string of the molecule is c1ccc(-c2sc(-c3ccccc3)c(-c3ccc(-c4ccc(-c5ccc6ccc7cccnc7c6n5)c5ccccc45)cc3)c2-c2ccccc2)cc1. The Labute approximate surface area is 312 Å². The molecule has 10 rings (SSSR count). The Kier molecular flexibility index (Phi) is 7.71. The van der Waals surface area contributed by atoms with Crippen molar-refractivity contribution >= 4 is 43.9 Å². The van der Waals surface area contributed by atoms with Gasteiger partial charge in [-0.15, -0.1) is 11.3 Å². The summed E-state index contributed by atoms with van der Waals surface area (Å²) in [7, 11) is 0. The number of hydrogen-bond acceptors (Lipinski definition) is 3. The first kappa shape index (κ1) is 31.1. The fourth-order valence-electron chi connectivity index (χ4n) is 7.64. The van der Waals surface area contributed by atoms with Crippen LogP contribution in [0.2, 0.25) is 0 Å². The number of hydrogen-bond donors (Lipinski definition) is 0. The van der Waals surface area contributed by atoms with E-state index in [-0.39, 0.29) is 0 Å². The number of nitrogens with zero attached hydrogens (tertiary/aromatic N) is 2. The first-order valence-corrected chi connectivity index (χ1v) is 18.7. The first-order valence-electron chi connectivity index (χ1n) is 17.9. The summed E-state index contributed by atoms with van der Waals surface area (Å²) >= 11 is 1.88. The van der Waals surface area contributed by atoms with Crippen molar-refractivity contribution in [2.45, 2.75) is 0 Å². The van der Waals surface area contributed by atoms with Crippen LogP contribution in [0.25, 0.3) is 98.1 Å². The van der Waals surface area contributed by atoms with E-state index in [1.54, 1.807) is 0 Å². The van der Waals surface area contributed by atoms with E-state index in [2.05, 4.69) is 187 Å². The van der Waals surface area contributed by atoms with E-state index in [1.807, 2.05) is 23.6 Å². The second-order valence-corrected chi connectivity index (χ2v) is 14.3. The lowest BCUT2D eigenvalue weighted by Crippen LogP contribution is -1.91. The maximum absolute atomic E-state index is 5.20. The minimum absolute atomic E-state index is 0.929. The molecule has 0 aliphatic rings. The number of pyridine rings is 2. The molecule has 53 heavy (non-hydrogen) atoms. The monoisotopic (exact) mass is 692 g/mol. The third-order valence-electron chi connectivity index (χ3n) is 10.2. The van der Waals surface area contributed by atoms with Crippen molar-refractivity contribution in [3.63, 3.8) is 0 Å². The van der Waals surface area contributed by atoms with Gasteiger partial charge in [0.25, 0.3) is 0 Å². The molecule has 0 radical (unpaired) electrons. The van der Waals surface area contributed by atoms with Crippen LogP contribution in [0.15, 0.2) is 194 Å². The molecule has 2 nitrogen and oxygen atoms in total. The zero-order valence-electron chi connectivity index (χ0n) is 28.8. The van der Waals surface area contributed by atoms with Crippen molar-refractivity contribution in [3.05, 3.63) is 194 Å². The molecular formula is C50H32N2S. The van der Waals surface area contributed by atoms with Gasteiger partial charge in [-0.25, -0.2) is 4.98 Å². The highest BCUT2D eigenvalue weighted by molar-refractivity contribution is 7.20. The number of aromatic nitrogens is 2. The van der Waals surface area contributed by atoms with Crippen LogP contribution in [0.4, 0.5) is 0 Å². The van der Waals surface area contributed by atoms with Gasteiger partial charge in [-0.1, -0.05) is 176 Å². The van der Waals surface area contributed by atoms with Gasteiger partial charge in [0.1, 0.15) is 0 Å². The standard InChI is InChI=1S/C50H32N2S/c1-4-13-34(14-5-1)45-46(50(39-17-8-3-9-18-39)53-49(45)38-15-6-2-7-16-38)35-24-22-33(23-25-35)40-29-30-43(42-21-11-10-20-41(40)42)44-31-28-37-27-26-36-19-12-32-51-47(36)48(37)52-44/h1-32H. The van der Waals surface area contributed by atoms with E-state index in [4.69, 9.17) is 4.98 Å². The van der Waals surface area contributed by atoms with E-state index in [0.717, 1.165) is 33.1 Å². The molecule has 7 aromatic carbocycles. The van der Waals surface area contributed by atoms with Crippen molar-refractivity contribution in [2.75, 3.05) is 0 Å². The first-order chi connectivity index (χ1) is 26.3. The number of thiophene rings is 1. The summed E-state index contributed by atoms with van der Waals surface area (Å²) in [6, 6.07) is 67.4. The van der Waals surface area contributed by atoms with E-state index in [9.17, 15) is 0 Å². The molecule has 3 aromatic heterocycles. The number of benzene rings is 7. The van der Waals surface area contributed by atoms with Crippen LogP contribution in [0, 0.1) is 0 Å². The van der Waals surface area contributed by atoms with E-state index >= 15 is 0 Å². The highest BCUT2D eigenvalue weighted by atomic mass is 32.1. The highest BCUT2D eigenvalue weighted by Crippen LogP contribution is 2.52. The van der Waals surface area contributed by atoms with Crippen molar-refractivity contribution < 1.29 is 0 Å². The van der Waals surface area contributed by atoms with Gasteiger partial charge in [-0.2, -0.15) is 0 Å². The average Bonchev–Trinajstić information content (AvgIpc) is 3.65. The second-order valence-electron chi connectivity index (χ2n) is 13.3. The molecule has 0 atom stereocenters.